The summed E-state index contributed by atoms with van der Waals surface area (Å²) in [6.45, 7) is 8.26. The Morgan fingerprint density at radius 2 is 2.10 bits per heavy atom. The number of benzene rings is 1. The lowest BCUT2D eigenvalue weighted by molar-refractivity contribution is 0.0505. The normalized spacial score (nSPS) is 12.7. The zero-order valence-electron chi connectivity index (χ0n) is 12.6. The molecule has 0 saturated heterocycles. The minimum Gasteiger partial charge on any atom is -0.494 e. The monoisotopic (exact) mass is 280 g/mol. The Morgan fingerprint density at radius 3 is 2.65 bits per heavy atom. The molecule has 5 nitrogen and oxygen atoms in total. The molecule has 0 aliphatic rings. The lowest BCUT2D eigenvalue weighted by Gasteiger charge is -2.23. The number of nitrogens with two attached hydrogens (primary N) is 1. The Balaban J connectivity index is 2.75. The molecule has 0 bridgehead atoms. The maximum Gasteiger partial charge on any atom is 0.408 e. The highest BCUT2D eigenvalue weighted by Gasteiger charge is 2.20. The molecule has 0 aliphatic heterocycles. The van der Waals surface area contributed by atoms with Gasteiger partial charge >= 0.3 is 6.09 Å². The first kappa shape index (κ1) is 16.3. The first-order valence-electron chi connectivity index (χ1n) is 6.78. The largest absolute Gasteiger partial charge is 0.494 e. The number of carbonyl (C=O) groups is 1. The molecule has 1 aromatic carbocycles. The standard InChI is InChI=1S/C15H24N2O3/c1-5-19-12-8-6-7-11(9-12)13(10-16)17-14(18)20-15(2,3)4/h6-9,13H,5,10,16H2,1-4H3,(H,17,18). The van der Waals surface area contributed by atoms with Crippen LogP contribution in [-0.4, -0.2) is 24.8 Å². The van der Waals surface area contributed by atoms with E-state index in [1.807, 2.05) is 52.0 Å². The van der Waals surface area contributed by atoms with Crippen molar-refractivity contribution in [2.24, 2.45) is 5.73 Å². The van der Waals surface area contributed by atoms with Crippen LogP contribution in [0.25, 0.3) is 0 Å². The summed E-state index contributed by atoms with van der Waals surface area (Å²) in [7, 11) is 0. The van der Waals surface area contributed by atoms with Gasteiger partial charge in [0.15, 0.2) is 0 Å². The van der Waals surface area contributed by atoms with E-state index in [2.05, 4.69) is 5.32 Å². The van der Waals surface area contributed by atoms with E-state index in [-0.39, 0.29) is 12.6 Å². The molecule has 0 spiro atoms. The molecule has 0 fully saturated rings. The van der Waals surface area contributed by atoms with Gasteiger partial charge in [0.1, 0.15) is 11.4 Å². The van der Waals surface area contributed by atoms with E-state index >= 15 is 0 Å². The van der Waals surface area contributed by atoms with E-state index in [9.17, 15) is 4.79 Å². The topological polar surface area (TPSA) is 73.6 Å². The zero-order valence-corrected chi connectivity index (χ0v) is 12.6. The first-order valence-corrected chi connectivity index (χ1v) is 6.78. The molecule has 1 amide bonds. The maximum atomic E-state index is 11.8. The summed E-state index contributed by atoms with van der Waals surface area (Å²) < 4.78 is 10.7. The van der Waals surface area contributed by atoms with Crippen LogP contribution in [0.3, 0.4) is 0 Å². The molecule has 1 rings (SSSR count). The second-order valence-electron chi connectivity index (χ2n) is 5.44. The molecule has 112 valence electrons. The van der Waals surface area contributed by atoms with Crippen molar-refractivity contribution in [3.63, 3.8) is 0 Å². The van der Waals surface area contributed by atoms with Gasteiger partial charge in [-0.25, -0.2) is 4.79 Å². The van der Waals surface area contributed by atoms with Gasteiger partial charge in [-0.2, -0.15) is 0 Å². The van der Waals surface area contributed by atoms with Gasteiger partial charge in [-0.1, -0.05) is 12.1 Å². The van der Waals surface area contributed by atoms with Crippen LogP contribution in [-0.2, 0) is 4.74 Å². The molecule has 1 atom stereocenters. The average molecular weight is 280 g/mol. The van der Waals surface area contributed by atoms with Crippen molar-refractivity contribution < 1.29 is 14.3 Å². The number of amides is 1. The predicted octanol–water partition coefficient (Wildman–Crippen LogP) is 2.61. The Kier molecular flexibility index (Phi) is 5.82. The minimum atomic E-state index is -0.531. The van der Waals surface area contributed by atoms with E-state index in [1.54, 1.807) is 0 Å². The molecule has 0 saturated carbocycles. The van der Waals surface area contributed by atoms with E-state index in [0.717, 1.165) is 11.3 Å². The van der Waals surface area contributed by atoms with Crippen LogP contribution in [0.2, 0.25) is 0 Å². The number of alkyl carbamates (subject to hydrolysis) is 1. The number of ether oxygens (including phenoxy) is 2. The molecule has 0 aliphatic carbocycles. The third kappa shape index (κ3) is 5.48. The average Bonchev–Trinajstić information content (AvgIpc) is 2.34. The van der Waals surface area contributed by atoms with Crippen LogP contribution < -0.4 is 15.8 Å². The smallest absolute Gasteiger partial charge is 0.408 e. The summed E-state index contributed by atoms with van der Waals surface area (Å²) in [5.41, 5.74) is 6.09. The Labute approximate surface area is 120 Å². The molecule has 1 unspecified atom stereocenters. The van der Waals surface area contributed by atoms with Crippen LogP contribution in [0.5, 0.6) is 5.75 Å². The van der Waals surface area contributed by atoms with Crippen molar-refractivity contribution >= 4 is 6.09 Å². The van der Waals surface area contributed by atoms with Crippen LogP contribution in [0.1, 0.15) is 39.3 Å². The third-order valence-corrected chi connectivity index (χ3v) is 2.50. The fourth-order valence-corrected chi connectivity index (χ4v) is 1.72. The molecule has 5 heteroatoms. The lowest BCUT2D eigenvalue weighted by Crippen LogP contribution is -2.37. The van der Waals surface area contributed by atoms with Crippen molar-refractivity contribution in [1.82, 2.24) is 5.32 Å². The zero-order chi connectivity index (χ0) is 15.2. The van der Waals surface area contributed by atoms with Crippen LogP contribution in [0, 0.1) is 0 Å². The number of rotatable bonds is 5. The number of hydrogen-bond acceptors (Lipinski definition) is 4. The SMILES string of the molecule is CCOc1cccc(C(CN)NC(=O)OC(C)(C)C)c1. The van der Waals surface area contributed by atoms with Gasteiger partial charge in [-0.15, -0.1) is 0 Å². The second-order valence-corrected chi connectivity index (χ2v) is 5.44. The van der Waals surface area contributed by atoms with Gasteiger partial charge in [-0.05, 0) is 45.4 Å². The van der Waals surface area contributed by atoms with E-state index < -0.39 is 11.7 Å². The molecular weight excluding hydrogens is 256 g/mol. The number of carbonyl (C=O) groups excluding carboxylic acids is 1. The van der Waals surface area contributed by atoms with Crippen molar-refractivity contribution in [1.29, 1.82) is 0 Å². The summed E-state index contributed by atoms with van der Waals surface area (Å²) in [5.74, 6) is 0.759. The maximum absolute atomic E-state index is 11.8. The summed E-state index contributed by atoms with van der Waals surface area (Å²) in [6, 6.07) is 7.22. The van der Waals surface area contributed by atoms with Gasteiger partial charge in [0, 0.05) is 6.54 Å². The summed E-state index contributed by atoms with van der Waals surface area (Å²) in [5, 5.41) is 2.77. The van der Waals surface area contributed by atoms with Crippen LogP contribution >= 0.6 is 0 Å². The summed E-state index contributed by atoms with van der Waals surface area (Å²) in [6.07, 6.45) is -0.477. The second kappa shape index (κ2) is 7.14. The van der Waals surface area contributed by atoms with Crippen molar-refractivity contribution in [2.45, 2.75) is 39.3 Å². The number of nitrogens with one attached hydrogen (secondary N) is 1. The highest BCUT2D eigenvalue weighted by molar-refractivity contribution is 5.68. The van der Waals surface area contributed by atoms with Gasteiger partial charge < -0.3 is 20.5 Å². The molecular formula is C15H24N2O3. The van der Waals surface area contributed by atoms with Gasteiger partial charge in [-0.3, -0.25) is 0 Å². The first-order chi connectivity index (χ1) is 9.35. The Hall–Kier alpha value is -1.75. The number of hydrogen-bond donors (Lipinski definition) is 2. The quantitative estimate of drug-likeness (QED) is 0.869. The van der Waals surface area contributed by atoms with Crippen LogP contribution in [0.15, 0.2) is 24.3 Å². The molecule has 0 radical (unpaired) electrons. The van der Waals surface area contributed by atoms with Crippen molar-refractivity contribution in [3.8, 4) is 5.75 Å². The van der Waals surface area contributed by atoms with Gasteiger partial charge in [0.05, 0.1) is 12.6 Å². The van der Waals surface area contributed by atoms with Crippen molar-refractivity contribution in [2.75, 3.05) is 13.2 Å². The Morgan fingerprint density at radius 1 is 1.40 bits per heavy atom. The molecule has 20 heavy (non-hydrogen) atoms. The van der Waals surface area contributed by atoms with Crippen molar-refractivity contribution in [3.05, 3.63) is 29.8 Å². The van der Waals surface area contributed by atoms with E-state index in [1.165, 1.54) is 0 Å². The lowest BCUT2D eigenvalue weighted by atomic mass is 10.1. The highest BCUT2D eigenvalue weighted by Crippen LogP contribution is 2.19. The minimum absolute atomic E-state index is 0.287. The third-order valence-electron chi connectivity index (χ3n) is 2.50. The van der Waals surface area contributed by atoms with E-state index in [0.29, 0.717) is 6.61 Å². The molecule has 3 N–H and O–H groups in total. The van der Waals surface area contributed by atoms with Crippen LogP contribution in [0.4, 0.5) is 4.79 Å². The highest BCUT2D eigenvalue weighted by atomic mass is 16.6. The fraction of sp³-hybridized carbons (Fsp3) is 0.533. The fourth-order valence-electron chi connectivity index (χ4n) is 1.72. The Bertz CT molecular complexity index is 441. The molecule has 0 heterocycles. The molecule has 1 aromatic rings. The van der Waals surface area contributed by atoms with Gasteiger partial charge in [0.2, 0.25) is 0 Å². The van der Waals surface area contributed by atoms with E-state index in [4.69, 9.17) is 15.2 Å². The summed E-state index contributed by atoms with van der Waals surface area (Å²) >= 11 is 0. The molecule has 0 aromatic heterocycles. The van der Waals surface area contributed by atoms with Gasteiger partial charge in [0.25, 0.3) is 0 Å². The predicted molar refractivity (Wildman–Crippen MR) is 78.8 cm³/mol. The summed E-state index contributed by atoms with van der Waals surface area (Å²) in [4.78, 5) is 11.8.